The number of nitrogens with zero attached hydrogens (tertiary/aromatic N) is 1. The Bertz CT molecular complexity index is 590. The summed E-state index contributed by atoms with van der Waals surface area (Å²) in [6.45, 7) is 7.54. The molecule has 0 radical (unpaired) electrons. The molecule has 8 nitrogen and oxygen atoms in total. The number of ether oxygens (including phenoxy) is 3. The molecule has 0 N–H and O–H groups in total. The zero-order valence-electron chi connectivity index (χ0n) is 12.2. The van der Waals surface area contributed by atoms with Crippen LogP contribution in [-0.2, 0) is 19.1 Å². The van der Waals surface area contributed by atoms with Crippen molar-refractivity contribution < 1.29 is 28.7 Å². The molecule has 1 saturated heterocycles. The molecule has 1 aromatic rings. The summed E-state index contributed by atoms with van der Waals surface area (Å²) in [5.41, 5.74) is -0.0524. The molecule has 1 aliphatic rings. The first-order chi connectivity index (χ1) is 11.0. The highest BCUT2D eigenvalue weighted by Gasteiger charge is 2.23. The smallest absolute Gasteiger partial charge is 0.335 e. The average Bonchev–Trinajstić information content (AvgIpc) is 3.38. The number of nitro groups is 1. The lowest BCUT2D eigenvalue weighted by Crippen LogP contribution is -2.06. The second kappa shape index (κ2) is 9.11. The van der Waals surface area contributed by atoms with Crippen LogP contribution in [0.5, 0.6) is 5.75 Å². The number of non-ortho nitro benzene ring substituents is 1. The Morgan fingerprint density at radius 1 is 1.26 bits per heavy atom. The molecule has 0 aromatic heterocycles. The van der Waals surface area contributed by atoms with Crippen molar-refractivity contribution in [2.75, 3.05) is 13.2 Å². The summed E-state index contributed by atoms with van der Waals surface area (Å²) in [6, 6.07) is 5.20. The van der Waals surface area contributed by atoms with Crippen molar-refractivity contribution in [3.8, 4) is 5.75 Å². The first-order valence-electron chi connectivity index (χ1n) is 6.45. The second-order valence-electron chi connectivity index (χ2n) is 4.17. The average molecular weight is 321 g/mol. The quantitative estimate of drug-likeness (QED) is 0.196. The van der Waals surface area contributed by atoms with Gasteiger partial charge in [0.05, 0.1) is 11.5 Å². The van der Waals surface area contributed by atoms with Gasteiger partial charge in [-0.25, -0.2) is 9.59 Å². The molecule has 2 rings (SSSR count). The number of hydrogen-bond acceptors (Lipinski definition) is 7. The fraction of sp³-hybridized carbons (Fsp3) is 0.200. The normalized spacial score (nSPS) is 14.5. The van der Waals surface area contributed by atoms with E-state index in [0.29, 0.717) is 13.2 Å². The fourth-order valence-electron chi connectivity index (χ4n) is 1.19. The number of epoxide rings is 1. The summed E-state index contributed by atoms with van der Waals surface area (Å²) < 4.78 is 14.1. The summed E-state index contributed by atoms with van der Waals surface area (Å²) in [6.07, 6.45) is 2.30. The Balaban J connectivity index is 0.000000253. The minimum atomic E-state index is -0.598. The number of carbonyl (C=O) groups excluding carboxylic acids is 2. The topological polar surface area (TPSA) is 108 Å². The minimum absolute atomic E-state index is 0.0524. The molecule has 8 heteroatoms. The maximum atomic E-state index is 10.7. The molecule has 1 aliphatic heterocycles. The van der Waals surface area contributed by atoms with Crippen LogP contribution in [0.2, 0.25) is 0 Å². The van der Waals surface area contributed by atoms with Gasteiger partial charge in [0.1, 0.15) is 18.5 Å². The van der Waals surface area contributed by atoms with Crippen molar-refractivity contribution in [1.29, 1.82) is 0 Å². The molecule has 1 unspecified atom stereocenters. The van der Waals surface area contributed by atoms with Crippen molar-refractivity contribution >= 4 is 17.6 Å². The highest BCUT2D eigenvalue weighted by atomic mass is 16.6. The van der Waals surface area contributed by atoms with Crippen LogP contribution in [0.4, 0.5) is 5.69 Å². The van der Waals surface area contributed by atoms with Crippen LogP contribution in [0.25, 0.3) is 0 Å². The maximum Gasteiger partial charge on any atom is 0.335 e. The van der Waals surface area contributed by atoms with E-state index in [-0.39, 0.29) is 23.5 Å². The van der Waals surface area contributed by atoms with Gasteiger partial charge in [0.25, 0.3) is 5.69 Å². The van der Waals surface area contributed by atoms with E-state index in [4.69, 9.17) is 9.47 Å². The van der Waals surface area contributed by atoms with E-state index < -0.39 is 10.9 Å². The minimum Gasteiger partial charge on any atom is -0.460 e. The van der Waals surface area contributed by atoms with Crippen molar-refractivity contribution in [1.82, 2.24) is 0 Å². The standard InChI is InChI=1S/C9H7NO4.C6H8O3/c1-2-9(11)14-8-5-3-7(4-6-8)10(12)13;1-2-6(7)9-4-5-3-8-5/h2-6H,1H2;2,5H,1,3-4H2. The lowest BCUT2D eigenvalue weighted by molar-refractivity contribution is -0.384. The van der Waals surface area contributed by atoms with E-state index in [2.05, 4.69) is 17.9 Å². The zero-order valence-corrected chi connectivity index (χ0v) is 12.2. The van der Waals surface area contributed by atoms with Gasteiger partial charge in [0.15, 0.2) is 0 Å². The fourth-order valence-corrected chi connectivity index (χ4v) is 1.19. The van der Waals surface area contributed by atoms with Crippen LogP contribution in [0.15, 0.2) is 49.6 Å². The Hall–Kier alpha value is -3.00. The second-order valence-corrected chi connectivity index (χ2v) is 4.17. The molecule has 1 atom stereocenters. The summed E-state index contributed by atoms with van der Waals surface area (Å²) in [5.74, 6) is -0.732. The zero-order chi connectivity index (χ0) is 17.2. The van der Waals surface area contributed by atoms with Crippen molar-refractivity contribution in [3.63, 3.8) is 0 Å². The van der Waals surface area contributed by atoms with Crippen molar-refractivity contribution in [2.45, 2.75) is 6.10 Å². The molecule has 0 bridgehead atoms. The van der Waals surface area contributed by atoms with E-state index in [0.717, 1.165) is 12.2 Å². The Labute approximate surface area is 132 Å². The predicted octanol–water partition coefficient (Wildman–Crippen LogP) is 1.80. The van der Waals surface area contributed by atoms with E-state index in [1.807, 2.05) is 0 Å². The molecule has 0 saturated carbocycles. The highest BCUT2D eigenvalue weighted by Crippen LogP contribution is 2.17. The molecular weight excluding hydrogens is 306 g/mol. The Kier molecular flexibility index (Phi) is 7.15. The molecule has 0 aliphatic carbocycles. The first kappa shape index (κ1) is 18.1. The molecule has 0 spiro atoms. The third-order valence-electron chi connectivity index (χ3n) is 2.41. The third-order valence-corrected chi connectivity index (χ3v) is 2.41. The van der Waals surface area contributed by atoms with Gasteiger partial charge in [-0.2, -0.15) is 0 Å². The largest absolute Gasteiger partial charge is 0.460 e. The van der Waals surface area contributed by atoms with Gasteiger partial charge in [-0.15, -0.1) is 0 Å². The van der Waals surface area contributed by atoms with Crippen LogP contribution >= 0.6 is 0 Å². The van der Waals surface area contributed by atoms with Gasteiger partial charge in [0, 0.05) is 24.3 Å². The van der Waals surface area contributed by atoms with Gasteiger partial charge in [-0.05, 0) is 12.1 Å². The van der Waals surface area contributed by atoms with Crippen LogP contribution < -0.4 is 4.74 Å². The van der Waals surface area contributed by atoms with Crippen LogP contribution in [0.1, 0.15) is 0 Å². The van der Waals surface area contributed by atoms with E-state index in [1.54, 1.807) is 0 Å². The number of carbonyl (C=O) groups is 2. The Morgan fingerprint density at radius 3 is 2.26 bits per heavy atom. The van der Waals surface area contributed by atoms with E-state index in [9.17, 15) is 19.7 Å². The molecule has 0 amide bonds. The lowest BCUT2D eigenvalue weighted by atomic mass is 10.3. The highest BCUT2D eigenvalue weighted by molar-refractivity contribution is 5.83. The SMILES string of the molecule is C=CC(=O)OCC1CO1.C=CC(=O)Oc1ccc([N+](=O)[O-])cc1. The van der Waals surface area contributed by atoms with Crippen LogP contribution in [0, 0.1) is 10.1 Å². The van der Waals surface area contributed by atoms with Gasteiger partial charge in [0.2, 0.25) is 0 Å². The summed E-state index contributed by atoms with van der Waals surface area (Å²) >= 11 is 0. The molecular formula is C15H15NO7. The van der Waals surface area contributed by atoms with E-state index >= 15 is 0 Å². The lowest BCUT2D eigenvalue weighted by Gasteiger charge is -1.99. The monoisotopic (exact) mass is 321 g/mol. The number of nitro benzene ring substituents is 1. The summed E-state index contributed by atoms with van der Waals surface area (Å²) in [7, 11) is 0. The van der Waals surface area contributed by atoms with Crippen molar-refractivity contribution in [2.24, 2.45) is 0 Å². The number of rotatable bonds is 6. The van der Waals surface area contributed by atoms with Crippen LogP contribution in [0.3, 0.4) is 0 Å². The van der Waals surface area contributed by atoms with Crippen LogP contribution in [-0.4, -0.2) is 36.2 Å². The number of benzene rings is 1. The number of esters is 2. The van der Waals surface area contributed by atoms with Gasteiger partial charge >= 0.3 is 11.9 Å². The van der Waals surface area contributed by atoms with Gasteiger partial charge < -0.3 is 14.2 Å². The molecule has 1 heterocycles. The van der Waals surface area contributed by atoms with E-state index in [1.165, 1.54) is 24.3 Å². The molecule has 1 fully saturated rings. The third kappa shape index (κ3) is 7.53. The summed E-state index contributed by atoms with van der Waals surface area (Å²) in [4.78, 5) is 30.8. The maximum absolute atomic E-state index is 10.7. The summed E-state index contributed by atoms with van der Waals surface area (Å²) in [5, 5.41) is 10.3. The molecule has 23 heavy (non-hydrogen) atoms. The van der Waals surface area contributed by atoms with Crippen molar-refractivity contribution in [3.05, 3.63) is 59.7 Å². The predicted molar refractivity (Wildman–Crippen MR) is 79.8 cm³/mol. The Morgan fingerprint density at radius 2 is 1.83 bits per heavy atom. The van der Waals surface area contributed by atoms with Gasteiger partial charge in [-0.3, -0.25) is 10.1 Å². The molecule has 1 aromatic carbocycles. The number of hydrogen-bond donors (Lipinski definition) is 0. The van der Waals surface area contributed by atoms with Gasteiger partial charge in [-0.1, -0.05) is 13.2 Å². The first-order valence-corrected chi connectivity index (χ1v) is 6.45. The molecule has 122 valence electrons.